The maximum atomic E-state index is 12.7. The van der Waals surface area contributed by atoms with E-state index in [2.05, 4.69) is 15.3 Å². The van der Waals surface area contributed by atoms with Gasteiger partial charge in [-0.2, -0.15) is 0 Å². The highest BCUT2D eigenvalue weighted by molar-refractivity contribution is 5.92. The van der Waals surface area contributed by atoms with E-state index in [9.17, 15) is 9.18 Å². The monoisotopic (exact) mass is 261 g/mol. The van der Waals surface area contributed by atoms with Crippen LogP contribution in [0.2, 0.25) is 0 Å². The average Bonchev–Trinajstić information content (AvgIpc) is 2.46. The number of amides is 1. The Morgan fingerprint density at radius 2 is 2.05 bits per heavy atom. The molecule has 1 heterocycles. The Balaban J connectivity index is 1.99. The second-order valence-corrected chi connectivity index (χ2v) is 3.75. The van der Waals surface area contributed by atoms with Gasteiger partial charge in [-0.15, -0.1) is 0 Å². The van der Waals surface area contributed by atoms with Gasteiger partial charge in [0.05, 0.1) is 7.11 Å². The fraction of sp³-hybridized carbons (Fsp3) is 0.154. The number of nitrogens with one attached hydrogen (secondary N) is 1. The molecule has 1 aromatic heterocycles. The van der Waals surface area contributed by atoms with Crippen LogP contribution in [0.5, 0.6) is 5.88 Å². The summed E-state index contributed by atoms with van der Waals surface area (Å²) in [5.41, 5.74) is 1.02. The van der Waals surface area contributed by atoms with Crippen LogP contribution in [0.3, 0.4) is 0 Å². The van der Waals surface area contributed by atoms with Gasteiger partial charge in [0.2, 0.25) is 5.88 Å². The van der Waals surface area contributed by atoms with Crippen LogP contribution in [0.15, 0.2) is 36.7 Å². The third-order valence-corrected chi connectivity index (χ3v) is 2.45. The number of halogens is 1. The van der Waals surface area contributed by atoms with Crippen LogP contribution in [-0.2, 0) is 6.54 Å². The van der Waals surface area contributed by atoms with Crippen molar-refractivity contribution in [2.24, 2.45) is 0 Å². The van der Waals surface area contributed by atoms with Crippen molar-refractivity contribution in [2.45, 2.75) is 6.54 Å². The van der Waals surface area contributed by atoms with Gasteiger partial charge >= 0.3 is 0 Å². The van der Waals surface area contributed by atoms with Gasteiger partial charge in [-0.05, 0) is 17.7 Å². The van der Waals surface area contributed by atoms with Crippen LogP contribution in [0.4, 0.5) is 4.39 Å². The molecule has 0 atom stereocenters. The molecule has 2 rings (SSSR count). The molecule has 0 saturated carbocycles. The van der Waals surface area contributed by atoms with Crippen LogP contribution in [0.25, 0.3) is 0 Å². The highest BCUT2D eigenvalue weighted by Crippen LogP contribution is 2.06. The minimum atomic E-state index is -0.343. The Kier molecular flexibility index (Phi) is 4.02. The van der Waals surface area contributed by atoms with Gasteiger partial charge in [0.15, 0.2) is 0 Å². The number of aromatic nitrogens is 2. The third kappa shape index (κ3) is 3.48. The van der Waals surface area contributed by atoms with Gasteiger partial charge < -0.3 is 10.1 Å². The fourth-order valence-electron chi connectivity index (χ4n) is 1.45. The van der Waals surface area contributed by atoms with Crippen LogP contribution < -0.4 is 10.1 Å². The lowest BCUT2D eigenvalue weighted by Crippen LogP contribution is -2.23. The van der Waals surface area contributed by atoms with Crippen molar-refractivity contribution in [1.82, 2.24) is 15.3 Å². The molecule has 1 amide bonds. The summed E-state index contributed by atoms with van der Waals surface area (Å²) < 4.78 is 17.6. The van der Waals surface area contributed by atoms with Crippen LogP contribution in [0, 0.1) is 5.82 Å². The molecule has 0 aliphatic carbocycles. The number of hydrogen-bond acceptors (Lipinski definition) is 4. The smallest absolute Gasteiger partial charge is 0.270 e. The maximum absolute atomic E-state index is 12.7. The molecule has 0 unspecified atom stereocenters. The van der Waals surface area contributed by atoms with E-state index in [0.29, 0.717) is 12.4 Å². The van der Waals surface area contributed by atoms with E-state index in [1.807, 2.05) is 0 Å². The molecule has 6 heteroatoms. The summed E-state index contributed by atoms with van der Waals surface area (Å²) in [6, 6.07) is 7.34. The topological polar surface area (TPSA) is 64.1 Å². The van der Waals surface area contributed by atoms with Crippen molar-refractivity contribution in [2.75, 3.05) is 7.11 Å². The molecular weight excluding hydrogens is 249 g/mol. The molecule has 1 N–H and O–H groups in total. The average molecular weight is 261 g/mol. The van der Waals surface area contributed by atoms with E-state index in [4.69, 9.17) is 4.74 Å². The predicted octanol–water partition coefficient (Wildman–Crippen LogP) is 1.55. The lowest BCUT2D eigenvalue weighted by Gasteiger charge is -2.05. The Labute approximate surface area is 109 Å². The number of nitrogens with zero attached hydrogens (tertiary/aromatic N) is 2. The van der Waals surface area contributed by atoms with Gasteiger partial charge in [0, 0.05) is 12.6 Å². The molecule has 0 saturated heterocycles. The number of ether oxygens (including phenoxy) is 1. The van der Waals surface area contributed by atoms with Crippen molar-refractivity contribution in [3.8, 4) is 5.88 Å². The second kappa shape index (κ2) is 5.90. The van der Waals surface area contributed by atoms with Crippen LogP contribution in [0.1, 0.15) is 16.1 Å². The molecule has 0 aliphatic rings. The quantitative estimate of drug-likeness (QED) is 0.907. The molecule has 2 aromatic rings. The first-order valence-corrected chi connectivity index (χ1v) is 5.57. The Bertz CT molecular complexity index is 572. The third-order valence-electron chi connectivity index (χ3n) is 2.45. The van der Waals surface area contributed by atoms with Gasteiger partial charge in [0.25, 0.3) is 5.91 Å². The van der Waals surface area contributed by atoms with Crippen molar-refractivity contribution in [1.29, 1.82) is 0 Å². The van der Waals surface area contributed by atoms with E-state index >= 15 is 0 Å². The molecule has 0 aliphatic heterocycles. The lowest BCUT2D eigenvalue weighted by atomic mass is 10.2. The number of benzene rings is 1. The zero-order valence-corrected chi connectivity index (χ0v) is 10.3. The van der Waals surface area contributed by atoms with Crippen molar-refractivity contribution >= 4 is 5.91 Å². The largest absolute Gasteiger partial charge is 0.481 e. The van der Waals surface area contributed by atoms with Crippen LogP contribution in [-0.4, -0.2) is 23.0 Å². The number of hydrogen-bond donors (Lipinski definition) is 1. The molecule has 0 radical (unpaired) electrons. The van der Waals surface area contributed by atoms with Gasteiger partial charge in [0.1, 0.15) is 17.8 Å². The van der Waals surface area contributed by atoms with E-state index in [1.54, 1.807) is 12.1 Å². The summed E-state index contributed by atoms with van der Waals surface area (Å²) in [4.78, 5) is 19.5. The number of methoxy groups -OCH3 is 1. The zero-order valence-electron chi connectivity index (χ0n) is 10.3. The van der Waals surface area contributed by atoms with E-state index < -0.39 is 0 Å². The minimum absolute atomic E-state index is 0.217. The summed E-state index contributed by atoms with van der Waals surface area (Å²) in [5, 5.41) is 2.68. The summed E-state index contributed by atoms with van der Waals surface area (Å²) in [6.45, 7) is 0.297. The Morgan fingerprint density at radius 3 is 2.74 bits per heavy atom. The summed E-state index contributed by atoms with van der Waals surface area (Å²) in [6.07, 6.45) is 1.26. The number of rotatable bonds is 4. The maximum Gasteiger partial charge on any atom is 0.270 e. The normalized spacial score (nSPS) is 10.0. The first kappa shape index (κ1) is 12.9. The number of carbonyl (C=O) groups excluding carboxylic acids is 1. The first-order chi connectivity index (χ1) is 9.19. The van der Waals surface area contributed by atoms with Gasteiger partial charge in [-0.1, -0.05) is 12.1 Å². The SMILES string of the molecule is COc1cc(C(=O)NCc2ccc(F)cc2)ncn1. The van der Waals surface area contributed by atoms with Gasteiger partial charge in [-0.3, -0.25) is 4.79 Å². The van der Waals surface area contributed by atoms with Crippen molar-refractivity contribution in [3.05, 3.63) is 53.7 Å². The van der Waals surface area contributed by atoms with E-state index in [-0.39, 0.29) is 17.4 Å². The molecule has 0 bridgehead atoms. The van der Waals surface area contributed by atoms with E-state index in [1.165, 1.54) is 31.6 Å². The van der Waals surface area contributed by atoms with Gasteiger partial charge in [-0.25, -0.2) is 14.4 Å². The predicted molar refractivity (Wildman–Crippen MR) is 66.2 cm³/mol. The second-order valence-electron chi connectivity index (χ2n) is 3.75. The van der Waals surface area contributed by atoms with E-state index in [0.717, 1.165) is 5.56 Å². The summed E-state index contributed by atoms with van der Waals surface area (Å²) in [5.74, 6) is -0.331. The summed E-state index contributed by atoms with van der Waals surface area (Å²) in [7, 11) is 1.46. The molecule has 19 heavy (non-hydrogen) atoms. The molecule has 5 nitrogen and oxygen atoms in total. The summed E-state index contributed by atoms with van der Waals surface area (Å²) >= 11 is 0. The molecule has 1 aromatic carbocycles. The highest BCUT2D eigenvalue weighted by atomic mass is 19.1. The highest BCUT2D eigenvalue weighted by Gasteiger charge is 2.08. The standard InChI is InChI=1S/C13H12FN3O2/c1-19-12-6-11(16-8-17-12)13(18)15-7-9-2-4-10(14)5-3-9/h2-6,8H,7H2,1H3,(H,15,18). The fourth-order valence-corrected chi connectivity index (χ4v) is 1.45. The van der Waals surface area contributed by atoms with Crippen molar-refractivity contribution in [3.63, 3.8) is 0 Å². The molecular formula is C13H12FN3O2. The van der Waals surface area contributed by atoms with Crippen LogP contribution >= 0.6 is 0 Å². The lowest BCUT2D eigenvalue weighted by molar-refractivity contribution is 0.0945. The molecule has 0 spiro atoms. The molecule has 0 fully saturated rings. The first-order valence-electron chi connectivity index (χ1n) is 5.57. The number of carbonyl (C=O) groups is 1. The minimum Gasteiger partial charge on any atom is -0.481 e. The van der Waals surface area contributed by atoms with Crippen molar-refractivity contribution < 1.29 is 13.9 Å². The molecule has 98 valence electrons. The zero-order chi connectivity index (χ0) is 13.7. The Hall–Kier alpha value is -2.50. The Morgan fingerprint density at radius 1 is 1.32 bits per heavy atom.